The Morgan fingerprint density at radius 3 is 2.00 bits per heavy atom. The van der Waals surface area contributed by atoms with Crippen molar-refractivity contribution < 1.29 is 38.3 Å². The molecule has 0 saturated carbocycles. The molecule has 7 amide bonds. The number of rotatable bonds is 6. The fourth-order valence-electron chi connectivity index (χ4n) is 6.82. The fourth-order valence-corrected chi connectivity index (χ4v) is 6.82. The summed E-state index contributed by atoms with van der Waals surface area (Å²) in [7, 11) is 0. The van der Waals surface area contributed by atoms with Crippen LogP contribution >= 0.6 is 0 Å². The first-order valence-corrected chi connectivity index (χ1v) is 18.9. The monoisotopic (exact) mass is 772 g/mol. The number of carbonyl (C=O) groups is 7. The van der Waals surface area contributed by atoms with Gasteiger partial charge >= 0.3 is 0 Å². The van der Waals surface area contributed by atoms with Crippen LogP contribution in [0.25, 0.3) is 10.9 Å². The van der Waals surface area contributed by atoms with E-state index in [9.17, 15) is 33.6 Å². The highest BCUT2D eigenvalue weighted by atomic mass is 16.5. The van der Waals surface area contributed by atoms with Gasteiger partial charge in [-0.2, -0.15) is 0 Å². The summed E-state index contributed by atoms with van der Waals surface area (Å²) in [5, 5.41) is 16.6. The third kappa shape index (κ3) is 11.1. The van der Waals surface area contributed by atoms with Crippen molar-refractivity contribution in [1.82, 2.24) is 41.8 Å². The van der Waals surface area contributed by atoms with Gasteiger partial charge in [0, 0.05) is 36.5 Å². The molecule has 0 aliphatic carbocycles. The average molecular weight is 773 g/mol. The van der Waals surface area contributed by atoms with E-state index in [1.165, 1.54) is 4.90 Å². The van der Waals surface area contributed by atoms with Crippen LogP contribution < -0.4 is 36.6 Å². The Hall–Kier alpha value is -5.93. The third-order valence-electron chi connectivity index (χ3n) is 9.54. The zero-order valence-corrected chi connectivity index (χ0v) is 32.5. The second-order valence-electron chi connectivity index (χ2n) is 15.5. The zero-order chi connectivity index (χ0) is 40.6. The summed E-state index contributed by atoms with van der Waals surface area (Å²) in [6.07, 6.45) is 2.74. The number of benzene rings is 2. The summed E-state index contributed by atoms with van der Waals surface area (Å²) in [6, 6.07) is 10.3. The van der Waals surface area contributed by atoms with Crippen LogP contribution in [-0.2, 0) is 46.4 Å². The smallest absolute Gasteiger partial charge is 0.246 e. The number of aromatic nitrogens is 1. The van der Waals surface area contributed by atoms with E-state index in [2.05, 4.69) is 36.9 Å². The lowest BCUT2D eigenvalue weighted by Crippen LogP contribution is -2.56. The first-order chi connectivity index (χ1) is 26.6. The van der Waals surface area contributed by atoms with Crippen molar-refractivity contribution in [3.63, 3.8) is 0 Å². The summed E-state index contributed by atoms with van der Waals surface area (Å²) >= 11 is 0. The van der Waals surface area contributed by atoms with E-state index in [1.807, 2.05) is 45.0 Å². The van der Waals surface area contributed by atoms with E-state index in [-0.39, 0.29) is 25.3 Å². The molecule has 56 heavy (non-hydrogen) atoms. The van der Waals surface area contributed by atoms with Crippen molar-refractivity contribution in [1.29, 1.82) is 0 Å². The highest BCUT2D eigenvalue weighted by Crippen LogP contribution is 2.23. The molecule has 0 radical (unpaired) electrons. The van der Waals surface area contributed by atoms with Crippen molar-refractivity contribution >= 4 is 52.3 Å². The normalized spacial score (nSPS) is 22.6. The van der Waals surface area contributed by atoms with Gasteiger partial charge in [0.1, 0.15) is 35.5 Å². The molecular formula is C40H52N8O8. The van der Waals surface area contributed by atoms with Crippen LogP contribution in [0.2, 0.25) is 0 Å². The van der Waals surface area contributed by atoms with E-state index < -0.39 is 90.8 Å². The molecule has 16 heteroatoms. The Labute approximate surface area is 325 Å². The standard InChI is InChI=1S/C40H52N8O8/c1-23(2)35-38(54)44-21-32(49)45-29(17-24-12-14-26(15-13-24)56-40(3,4)5)36(52)42-20-33(50)46-30(18-25-19-41-28-10-7-6-9-27(25)28)39(55)48-16-8-11-31(48)37(53)43-22-34(51)47-35/h6-7,9-10,12-15,19,23,29-31,35,41H,8,11,16-18,20-22H2,1-5H3,(H,42,52)(H,43,53)(H,44,54)(H,45,49)(H,46,50)(H,47,51)/t29-,30-,31-,35-/m0/s1. The van der Waals surface area contributed by atoms with Crippen LogP contribution in [0.1, 0.15) is 58.6 Å². The molecule has 16 nitrogen and oxygen atoms in total. The van der Waals surface area contributed by atoms with Gasteiger partial charge in [-0.05, 0) is 68.9 Å². The number of amides is 7. The number of nitrogens with zero attached hydrogens (tertiary/aromatic N) is 1. The zero-order valence-electron chi connectivity index (χ0n) is 32.5. The molecule has 2 aliphatic heterocycles. The molecule has 5 rings (SSSR count). The molecule has 7 N–H and O–H groups in total. The second kappa shape index (κ2) is 18.1. The highest BCUT2D eigenvalue weighted by Gasteiger charge is 2.38. The number of H-pyrrole nitrogens is 1. The van der Waals surface area contributed by atoms with Crippen molar-refractivity contribution in [3.05, 3.63) is 65.9 Å². The van der Waals surface area contributed by atoms with Gasteiger partial charge in [0.25, 0.3) is 0 Å². The van der Waals surface area contributed by atoms with Gasteiger partial charge in [-0.25, -0.2) is 0 Å². The molecule has 0 bridgehead atoms. The Balaban J connectivity index is 1.41. The van der Waals surface area contributed by atoms with Crippen LogP contribution in [-0.4, -0.2) is 107 Å². The minimum Gasteiger partial charge on any atom is -0.488 e. The van der Waals surface area contributed by atoms with Crippen molar-refractivity contribution in [3.8, 4) is 5.75 Å². The van der Waals surface area contributed by atoms with Gasteiger partial charge in [-0.3, -0.25) is 33.6 Å². The predicted molar refractivity (Wildman–Crippen MR) is 207 cm³/mol. The van der Waals surface area contributed by atoms with Gasteiger partial charge in [0.15, 0.2) is 0 Å². The fraction of sp³-hybridized carbons (Fsp3) is 0.475. The topological polar surface area (TPSA) is 220 Å². The maximum absolute atomic E-state index is 14.2. The number of para-hydroxylation sites is 1. The summed E-state index contributed by atoms with van der Waals surface area (Å²) in [5.41, 5.74) is 1.85. The number of nitrogens with one attached hydrogen (secondary N) is 7. The number of ether oxygens (including phenoxy) is 1. The summed E-state index contributed by atoms with van der Waals surface area (Å²) < 4.78 is 5.90. The first-order valence-electron chi connectivity index (χ1n) is 18.9. The first kappa shape index (κ1) is 41.2. The largest absolute Gasteiger partial charge is 0.488 e. The molecule has 4 atom stereocenters. The predicted octanol–water partition coefficient (Wildman–Crippen LogP) is 0.594. The number of hydrogen-bond donors (Lipinski definition) is 7. The SMILES string of the molecule is CC(C)[C@@H]1NC(=O)CNC(=O)[C@@H]2CCCN2C(=O)[C@H](Cc2c[nH]c3ccccc23)NC(=O)CNC(=O)[C@H](Cc2ccc(OC(C)(C)C)cc2)NC(=O)CNC1=O. The molecule has 2 fully saturated rings. The van der Waals surface area contributed by atoms with Crippen LogP contribution in [0.5, 0.6) is 5.75 Å². The van der Waals surface area contributed by atoms with E-state index in [0.29, 0.717) is 24.2 Å². The Bertz CT molecular complexity index is 1940. The molecule has 1 aromatic heterocycles. The van der Waals surface area contributed by atoms with Crippen LogP contribution in [0, 0.1) is 5.92 Å². The second-order valence-corrected chi connectivity index (χ2v) is 15.5. The maximum atomic E-state index is 14.2. The Morgan fingerprint density at radius 2 is 1.34 bits per heavy atom. The lowest BCUT2D eigenvalue weighted by atomic mass is 10.0. The van der Waals surface area contributed by atoms with Crippen LogP contribution in [0.3, 0.4) is 0 Å². The van der Waals surface area contributed by atoms with E-state index >= 15 is 0 Å². The molecular weight excluding hydrogens is 720 g/mol. The molecule has 3 aromatic rings. The lowest BCUT2D eigenvalue weighted by Gasteiger charge is -2.29. The van der Waals surface area contributed by atoms with Crippen LogP contribution in [0.15, 0.2) is 54.7 Å². The molecule has 0 unspecified atom stereocenters. The van der Waals surface area contributed by atoms with E-state index in [0.717, 1.165) is 16.5 Å². The average Bonchev–Trinajstić information content (AvgIpc) is 3.81. The van der Waals surface area contributed by atoms with Gasteiger partial charge < -0.3 is 46.5 Å². The summed E-state index contributed by atoms with van der Waals surface area (Å²) in [4.78, 5) is 98.7. The molecule has 2 aromatic carbocycles. The van der Waals surface area contributed by atoms with E-state index in [4.69, 9.17) is 4.74 Å². The Kier molecular flexibility index (Phi) is 13.4. The summed E-state index contributed by atoms with van der Waals surface area (Å²) in [6.45, 7) is 7.95. The third-order valence-corrected chi connectivity index (χ3v) is 9.54. The number of fused-ring (bicyclic) bond motifs is 2. The molecule has 3 heterocycles. The lowest BCUT2D eigenvalue weighted by molar-refractivity contribution is -0.141. The minimum absolute atomic E-state index is 0.0344. The van der Waals surface area contributed by atoms with E-state index in [1.54, 1.807) is 44.3 Å². The number of hydrogen-bond acceptors (Lipinski definition) is 8. The molecule has 0 spiro atoms. The van der Waals surface area contributed by atoms with Gasteiger partial charge in [0.05, 0.1) is 19.6 Å². The van der Waals surface area contributed by atoms with Crippen LogP contribution in [0.4, 0.5) is 0 Å². The van der Waals surface area contributed by atoms with Gasteiger partial charge in [-0.15, -0.1) is 0 Å². The van der Waals surface area contributed by atoms with Gasteiger partial charge in [-0.1, -0.05) is 44.2 Å². The molecule has 300 valence electrons. The molecule has 2 aliphatic rings. The summed E-state index contributed by atoms with van der Waals surface area (Å²) in [5.74, 6) is -4.12. The maximum Gasteiger partial charge on any atom is 0.246 e. The quantitative estimate of drug-likeness (QED) is 0.188. The minimum atomic E-state index is -1.16. The highest BCUT2D eigenvalue weighted by molar-refractivity contribution is 5.97. The Morgan fingerprint density at radius 1 is 0.732 bits per heavy atom. The van der Waals surface area contributed by atoms with Gasteiger partial charge in [0.2, 0.25) is 41.4 Å². The number of carbonyl (C=O) groups excluding carboxylic acids is 7. The van der Waals surface area contributed by atoms with Crippen molar-refractivity contribution in [2.75, 3.05) is 26.2 Å². The molecule has 2 saturated heterocycles. The van der Waals surface area contributed by atoms with Crippen molar-refractivity contribution in [2.45, 2.75) is 90.1 Å². The van der Waals surface area contributed by atoms with Crippen molar-refractivity contribution in [2.24, 2.45) is 5.92 Å². The number of aromatic amines is 1.